The van der Waals surface area contributed by atoms with Crippen LogP contribution in [0.15, 0.2) is 29.5 Å². The number of alkyl halides is 1. The van der Waals surface area contributed by atoms with Crippen LogP contribution in [0.5, 0.6) is 5.75 Å². The Hall–Kier alpha value is -0.491. The van der Waals surface area contributed by atoms with Crippen molar-refractivity contribution in [3.8, 4) is 5.75 Å². The van der Waals surface area contributed by atoms with Crippen molar-refractivity contribution in [3.63, 3.8) is 0 Å². The molecule has 0 aliphatic carbocycles. The number of unbranched alkanes of at least 4 members (excludes halogenated alkanes) is 5. The minimum Gasteiger partial charge on any atom is -0.553 e. The number of rotatable bonds is 10. The Balaban J connectivity index is 0. The summed E-state index contributed by atoms with van der Waals surface area (Å²) >= 11 is 2.40. The number of aryl methyl sites for hydroxylation is 1. The zero-order valence-corrected chi connectivity index (χ0v) is 21.6. The summed E-state index contributed by atoms with van der Waals surface area (Å²) in [6.07, 6.45) is 13.0. The Morgan fingerprint density at radius 1 is 1.18 bits per heavy atom. The molecule has 5 heteroatoms. The van der Waals surface area contributed by atoms with E-state index in [-0.39, 0.29) is 17.1 Å². The number of hydrogen-bond donors (Lipinski definition) is 0. The predicted octanol–water partition coefficient (Wildman–Crippen LogP) is 6.91. The number of ether oxygens (including phenoxy) is 1. The normalized spacial score (nSPS) is 11.2. The fourth-order valence-corrected chi connectivity index (χ4v) is 2.89. The van der Waals surface area contributed by atoms with Crippen LogP contribution in [0, 0.1) is 20.8 Å². The first-order valence-corrected chi connectivity index (χ1v) is 11.3. The van der Waals surface area contributed by atoms with Crippen LogP contribution in [0.25, 0.3) is 0 Å². The molecule has 1 radical (unpaired) electrons. The molecule has 0 saturated carbocycles. The molecule has 0 atom stereocenters. The molecule has 0 heterocycles. The summed E-state index contributed by atoms with van der Waals surface area (Å²) in [6, 6.07) is 4.29. The van der Waals surface area contributed by atoms with Crippen LogP contribution in [-0.4, -0.2) is 31.9 Å². The van der Waals surface area contributed by atoms with E-state index in [1.165, 1.54) is 37.8 Å². The summed E-state index contributed by atoms with van der Waals surface area (Å²) in [7, 11) is 6.14. The van der Waals surface area contributed by atoms with Crippen molar-refractivity contribution in [1.82, 2.24) is 4.48 Å². The first kappa shape index (κ1) is 29.7. The van der Waals surface area contributed by atoms with Gasteiger partial charge >= 0.3 is 17.1 Å². The van der Waals surface area contributed by atoms with E-state index < -0.39 is 0 Å². The zero-order valence-electron chi connectivity index (χ0n) is 18.3. The molecule has 0 saturated heterocycles. The molecule has 0 N–H and O–H groups in total. The van der Waals surface area contributed by atoms with E-state index in [9.17, 15) is 0 Å². The molecule has 0 aliphatic heterocycles. The van der Waals surface area contributed by atoms with Crippen LogP contribution >= 0.6 is 22.6 Å². The third kappa shape index (κ3) is 11.5. The molecule has 0 spiro atoms. The number of nitrogens with zero attached hydrogens (tertiary/aromatic N) is 2. The summed E-state index contributed by atoms with van der Waals surface area (Å²) in [5.41, 5.74) is 3.33. The summed E-state index contributed by atoms with van der Waals surface area (Å²) in [5.74, 6) is 0.836. The van der Waals surface area contributed by atoms with Gasteiger partial charge in [-0.15, -0.1) is 0 Å². The van der Waals surface area contributed by atoms with Gasteiger partial charge in [-0.3, -0.25) is 9.48 Å². The van der Waals surface area contributed by atoms with Crippen LogP contribution in [0.1, 0.15) is 56.6 Å². The molecule has 28 heavy (non-hydrogen) atoms. The maximum Gasteiger partial charge on any atom is 2.00 e. The van der Waals surface area contributed by atoms with Gasteiger partial charge in [0, 0.05) is 31.0 Å². The minimum absolute atomic E-state index is 0. The summed E-state index contributed by atoms with van der Waals surface area (Å²) in [4.78, 5) is 4.11. The SMILES string of the molecule is [CH2-]/C=C/Oc1c(C)cc([N+](C)(C)CI)cc1C=NC.[CH2-]CCCCCCC.[Mn+2]. The van der Waals surface area contributed by atoms with Gasteiger partial charge < -0.3 is 11.7 Å². The summed E-state index contributed by atoms with van der Waals surface area (Å²) < 4.78 is 7.44. The van der Waals surface area contributed by atoms with E-state index in [1.807, 2.05) is 6.21 Å². The second-order valence-electron chi connectivity index (χ2n) is 7.13. The van der Waals surface area contributed by atoms with Gasteiger partial charge in [0.05, 0.1) is 14.1 Å². The van der Waals surface area contributed by atoms with Gasteiger partial charge in [0.25, 0.3) is 0 Å². The smallest absolute Gasteiger partial charge is 0.553 e. The van der Waals surface area contributed by atoms with Crippen LogP contribution < -0.4 is 9.22 Å². The standard InChI is InChI=1S/C15H21IN2O.C8H17.Mn/c1-6-7-19-15-12(2)8-14(18(4,5)11-16)9-13(15)10-17-3;1-3-5-7-8-6-4-2;/h6-10H,1,11H2,2-5H3;1,3-8H2,2H3;/q;-1;+2/b7-6+,17-10?;;. The Kier molecular flexibility index (Phi) is 18.4. The number of benzene rings is 1. The average molecular weight is 540 g/mol. The third-order valence-corrected chi connectivity index (χ3v) is 5.90. The van der Waals surface area contributed by atoms with E-state index in [4.69, 9.17) is 4.74 Å². The van der Waals surface area contributed by atoms with Crippen LogP contribution in [0.2, 0.25) is 0 Å². The van der Waals surface area contributed by atoms with Gasteiger partial charge in [-0.1, -0.05) is 45.3 Å². The van der Waals surface area contributed by atoms with Crippen molar-refractivity contribution < 1.29 is 21.8 Å². The minimum atomic E-state index is 0. The topological polar surface area (TPSA) is 21.6 Å². The van der Waals surface area contributed by atoms with Crippen LogP contribution in [0.4, 0.5) is 5.69 Å². The van der Waals surface area contributed by atoms with Crippen LogP contribution in [0.3, 0.4) is 0 Å². The Morgan fingerprint density at radius 2 is 1.82 bits per heavy atom. The number of quaternary nitrogens is 1. The molecule has 1 aromatic carbocycles. The largest absolute Gasteiger partial charge is 2.00 e. The van der Waals surface area contributed by atoms with Crippen molar-refractivity contribution in [2.45, 2.75) is 52.4 Å². The second kappa shape index (κ2) is 17.4. The quantitative estimate of drug-likeness (QED) is 0.0364. The zero-order chi connectivity index (χ0) is 20.7. The molecule has 0 unspecified atom stereocenters. The Labute approximate surface area is 198 Å². The van der Waals surface area contributed by atoms with Gasteiger partial charge in [0.15, 0.2) is 0 Å². The van der Waals surface area contributed by atoms with Gasteiger partial charge in [0.1, 0.15) is 16.0 Å². The molecule has 0 amide bonds. The van der Waals surface area contributed by atoms with E-state index in [2.05, 4.69) is 81.5 Å². The number of allylic oxidation sites excluding steroid dienone is 1. The van der Waals surface area contributed by atoms with Gasteiger partial charge in [-0.25, -0.2) is 6.92 Å². The van der Waals surface area contributed by atoms with E-state index in [0.29, 0.717) is 0 Å². The van der Waals surface area contributed by atoms with Crippen molar-refractivity contribution in [2.75, 3.05) is 25.7 Å². The molecule has 3 nitrogen and oxygen atoms in total. The van der Waals surface area contributed by atoms with Crippen molar-refractivity contribution in [3.05, 3.63) is 49.4 Å². The van der Waals surface area contributed by atoms with Gasteiger partial charge in [-0.2, -0.15) is 12.5 Å². The van der Waals surface area contributed by atoms with Crippen LogP contribution in [-0.2, 0) is 17.1 Å². The first-order valence-electron chi connectivity index (χ1n) is 9.74. The Morgan fingerprint density at radius 3 is 2.32 bits per heavy atom. The third-order valence-electron chi connectivity index (χ3n) is 4.19. The molecule has 159 valence electrons. The average Bonchev–Trinajstić information content (AvgIpc) is 2.65. The monoisotopic (exact) mass is 540 g/mol. The first-order chi connectivity index (χ1) is 12.9. The number of aliphatic imine (C=N–C) groups is 1. The van der Waals surface area contributed by atoms with Gasteiger partial charge in [0.2, 0.25) is 0 Å². The van der Waals surface area contributed by atoms with Crippen molar-refractivity contribution >= 4 is 34.5 Å². The van der Waals surface area contributed by atoms with E-state index >= 15 is 0 Å². The summed E-state index contributed by atoms with van der Waals surface area (Å²) in [6.45, 7) is 11.7. The fraction of sp³-hybridized carbons (Fsp3) is 0.522. The molecule has 1 aromatic rings. The molecule has 0 aliphatic rings. The van der Waals surface area contributed by atoms with E-state index in [1.54, 1.807) is 19.4 Å². The Bertz CT molecular complexity index is 580. The molecule has 0 aromatic heterocycles. The number of halogens is 1. The molecule has 0 bridgehead atoms. The van der Waals surface area contributed by atoms with Crippen molar-refractivity contribution in [2.24, 2.45) is 4.99 Å². The maximum atomic E-state index is 5.63. The predicted molar refractivity (Wildman–Crippen MR) is 131 cm³/mol. The maximum absolute atomic E-state index is 5.63. The van der Waals surface area contributed by atoms with Gasteiger partial charge in [-0.05, 0) is 35.1 Å². The van der Waals surface area contributed by atoms with Crippen molar-refractivity contribution in [1.29, 1.82) is 0 Å². The molecular formula is C23H38IMnN2O+. The molecule has 1 rings (SSSR count). The molecule has 0 fully saturated rings. The van der Waals surface area contributed by atoms with E-state index in [0.717, 1.165) is 32.3 Å². The fourth-order valence-electron chi connectivity index (χ4n) is 2.49. The number of hydrogen-bond acceptors (Lipinski definition) is 2. The summed E-state index contributed by atoms with van der Waals surface area (Å²) in [5, 5.41) is 0. The molecular weight excluding hydrogens is 502 g/mol. The second-order valence-corrected chi connectivity index (χ2v) is 7.81.